The zero-order chi connectivity index (χ0) is 22.9. The van der Waals surface area contributed by atoms with E-state index in [2.05, 4.69) is 56.4 Å². The quantitative estimate of drug-likeness (QED) is 0.613. The van der Waals surface area contributed by atoms with Crippen molar-refractivity contribution in [2.75, 3.05) is 56.6 Å². The highest BCUT2D eigenvalue weighted by Crippen LogP contribution is 2.18. The van der Waals surface area contributed by atoms with Gasteiger partial charge in [-0.15, -0.1) is 0 Å². The van der Waals surface area contributed by atoms with Crippen LogP contribution < -0.4 is 15.5 Å². The number of ether oxygens (including phenoxy) is 1. The summed E-state index contributed by atoms with van der Waals surface area (Å²) in [5, 5.41) is 5.33. The van der Waals surface area contributed by atoms with Crippen molar-refractivity contribution < 1.29 is 19.1 Å². The lowest BCUT2D eigenvalue weighted by Crippen LogP contribution is -2.47. The van der Waals surface area contributed by atoms with E-state index in [-0.39, 0.29) is 12.5 Å². The SMILES string of the molecule is COC(=O)CNC(=O)c1cccc(NC(=O)CCN2CCN(c3cccc(C)c3)CC2)c1. The lowest BCUT2D eigenvalue weighted by molar-refractivity contribution is -0.139. The normalized spacial score (nSPS) is 14.0. The van der Waals surface area contributed by atoms with E-state index >= 15 is 0 Å². The molecular weight excluding hydrogens is 408 g/mol. The Morgan fingerprint density at radius 2 is 1.75 bits per heavy atom. The molecule has 8 heteroatoms. The third-order valence-electron chi connectivity index (χ3n) is 5.42. The molecule has 2 aromatic carbocycles. The Morgan fingerprint density at radius 3 is 2.47 bits per heavy atom. The molecule has 2 N–H and O–H groups in total. The minimum Gasteiger partial charge on any atom is -0.468 e. The minimum absolute atomic E-state index is 0.0989. The van der Waals surface area contributed by atoms with Gasteiger partial charge >= 0.3 is 5.97 Å². The van der Waals surface area contributed by atoms with Crippen molar-refractivity contribution in [3.05, 3.63) is 59.7 Å². The van der Waals surface area contributed by atoms with Crippen molar-refractivity contribution in [3.8, 4) is 0 Å². The molecule has 0 radical (unpaired) electrons. The highest BCUT2D eigenvalue weighted by molar-refractivity contribution is 5.98. The Morgan fingerprint density at radius 1 is 1.00 bits per heavy atom. The summed E-state index contributed by atoms with van der Waals surface area (Å²) in [7, 11) is 1.26. The fourth-order valence-corrected chi connectivity index (χ4v) is 3.60. The Bertz CT molecular complexity index is 955. The number of carbonyl (C=O) groups is 3. The topological polar surface area (TPSA) is 91.0 Å². The second-order valence-electron chi connectivity index (χ2n) is 7.81. The second kappa shape index (κ2) is 11.3. The number of amides is 2. The predicted octanol–water partition coefficient (Wildman–Crippen LogP) is 2.05. The summed E-state index contributed by atoms with van der Waals surface area (Å²) < 4.78 is 4.51. The van der Waals surface area contributed by atoms with Crippen LogP contribution in [0.1, 0.15) is 22.3 Å². The van der Waals surface area contributed by atoms with Gasteiger partial charge in [0.25, 0.3) is 5.91 Å². The van der Waals surface area contributed by atoms with E-state index in [1.807, 2.05) is 0 Å². The molecule has 3 rings (SSSR count). The Hall–Kier alpha value is -3.39. The first-order chi connectivity index (χ1) is 15.4. The lowest BCUT2D eigenvalue weighted by Gasteiger charge is -2.36. The number of carbonyl (C=O) groups excluding carboxylic acids is 3. The van der Waals surface area contributed by atoms with Crippen LogP contribution in [0.4, 0.5) is 11.4 Å². The molecule has 0 spiro atoms. The molecule has 0 atom stereocenters. The van der Waals surface area contributed by atoms with Gasteiger partial charge in [0.05, 0.1) is 7.11 Å². The van der Waals surface area contributed by atoms with Gasteiger partial charge in [0.15, 0.2) is 0 Å². The number of piperazine rings is 1. The van der Waals surface area contributed by atoms with Gasteiger partial charge in [-0.3, -0.25) is 19.3 Å². The van der Waals surface area contributed by atoms with Gasteiger partial charge < -0.3 is 20.3 Å². The van der Waals surface area contributed by atoms with Crippen LogP contribution in [0.5, 0.6) is 0 Å². The fraction of sp³-hybridized carbons (Fsp3) is 0.375. The number of anilines is 2. The van der Waals surface area contributed by atoms with Crippen LogP contribution in [-0.2, 0) is 14.3 Å². The summed E-state index contributed by atoms with van der Waals surface area (Å²) in [5.74, 6) is -1.03. The first-order valence-corrected chi connectivity index (χ1v) is 10.7. The summed E-state index contributed by atoms with van der Waals surface area (Å²) in [6, 6.07) is 15.2. The monoisotopic (exact) mass is 438 g/mol. The van der Waals surface area contributed by atoms with Crippen molar-refractivity contribution >= 4 is 29.2 Å². The molecule has 2 amide bonds. The van der Waals surface area contributed by atoms with Crippen LogP contribution in [0.25, 0.3) is 0 Å². The average Bonchev–Trinajstić information content (AvgIpc) is 2.81. The zero-order valence-corrected chi connectivity index (χ0v) is 18.6. The minimum atomic E-state index is -0.525. The molecule has 1 aliphatic heterocycles. The van der Waals surface area contributed by atoms with Crippen LogP contribution in [0.15, 0.2) is 48.5 Å². The van der Waals surface area contributed by atoms with Crippen LogP contribution in [0.2, 0.25) is 0 Å². The molecule has 1 saturated heterocycles. The Kier molecular flexibility index (Phi) is 8.21. The molecule has 1 heterocycles. The lowest BCUT2D eigenvalue weighted by atomic mass is 10.1. The number of aryl methyl sites for hydroxylation is 1. The standard InChI is InChI=1S/C24H30N4O4/c1-18-5-3-8-21(15-18)28-13-11-27(12-14-28)10-9-22(29)26-20-7-4-6-19(16-20)24(31)25-17-23(30)32-2/h3-8,15-16H,9-14,17H2,1-2H3,(H,25,31)(H,26,29). The summed E-state index contributed by atoms with van der Waals surface area (Å²) in [6.07, 6.45) is 0.378. The first kappa shape index (κ1) is 23.3. The molecule has 1 aliphatic rings. The first-order valence-electron chi connectivity index (χ1n) is 10.7. The number of nitrogens with one attached hydrogen (secondary N) is 2. The van der Waals surface area contributed by atoms with E-state index in [1.165, 1.54) is 18.4 Å². The number of nitrogens with zero attached hydrogens (tertiary/aromatic N) is 2. The molecule has 1 fully saturated rings. The third-order valence-corrected chi connectivity index (χ3v) is 5.42. The maximum atomic E-state index is 12.4. The Balaban J connectivity index is 1.42. The summed E-state index contributed by atoms with van der Waals surface area (Å²) in [4.78, 5) is 40.4. The van der Waals surface area contributed by atoms with Crippen LogP contribution in [-0.4, -0.2) is 69.1 Å². The molecule has 32 heavy (non-hydrogen) atoms. The molecule has 0 aliphatic carbocycles. The van der Waals surface area contributed by atoms with E-state index in [1.54, 1.807) is 24.3 Å². The van der Waals surface area contributed by atoms with Gasteiger partial charge in [-0.05, 0) is 42.8 Å². The van der Waals surface area contributed by atoms with Gasteiger partial charge in [0, 0.05) is 56.1 Å². The van der Waals surface area contributed by atoms with E-state index in [9.17, 15) is 14.4 Å². The number of rotatable bonds is 8. The summed E-state index contributed by atoms with van der Waals surface area (Å²) in [5.41, 5.74) is 3.41. The molecular formula is C24H30N4O4. The molecule has 8 nitrogen and oxygen atoms in total. The fourth-order valence-electron chi connectivity index (χ4n) is 3.60. The maximum Gasteiger partial charge on any atom is 0.325 e. The number of methoxy groups -OCH3 is 1. The number of hydrogen-bond donors (Lipinski definition) is 2. The zero-order valence-electron chi connectivity index (χ0n) is 18.6. The second-order valence-corrected chi connectivity index (χ2v) is 7.81. The number of hydrogen-bond acceptors (Lipinski definition) is 6. The van der Waals surface area contributed by atoms with Crippen molar-refractivity contribution in [2.24, 2.45) is 0 Å². The van der Waals surface area contributed by atoms with E-state index in [4.69, 9.17) is 0 Å². The highest BCUT2D eigenvalue weighted by Gasteiger charge is 2.18. The van der Waals surface area contributed by atoms with E-state index < -0.39 is 11.9 Å². The van der Waals surface area contributed by atoms with Crippen LogP contribution in [0.3, 0.4) is 0 Å². The van der Waals surface area contributed by atoms with Gasteiger partial charge in [-0.1, -0.05) is 18.2 Å². The van der Waals surface area contributed by atoms with Gasteiger partial charge in [-0.2, -0.15) is 0 Å². The molecule has 0 bridgehead atoms. The smallest absolute Gasteiger partial charge is 0.325 e. The van der Waals surface area contributed by atoms with Crippen molar-refractivity contribution in [1.82, 2.24) is 10.2 Å². The molecule has 2 aromatic rings. The van der Waals surface area contributed by atoms with Crippen molar-refractivity contribution in [3.63, 3.8) is 0 Å². The van der Waals surface area contributed by atoms with Crippen LogP contribution in [0, 0.1) is 6.92 Å². The third kappa shape index (κ3) is 6.81. The maximum absolute atomic E-state index is 12.4. The molecule has 0 aromatic heterocycles. The van der Waals surface area contributed by atoms with Gasteiger partial charge in [0.1, 0.15) is 6.54 Å². The molecule has 0 unspecified atom stereocenters. The van der Waals surface area contributed by atoms with Gasteiger partial charge in [-0.25, -0.2) is 0 Å². The molecule has 170 valence electrons. The van der Waals surface area contributed by atoms with E-state index in [0.29, 0.717) is 24.2 Å². The van der Waals surface area contributed by atoms with Crippen molar-refractivity contribution in [2.45, 2.75) is 13.3 Å². The Labute approximate surface area is 188 Å². The van der Waals surface area contributed by atoms with E-state index in [0.717, 1.165) is 26.2 Å². The van der Waals surface area contributed by atoms with Gasteiger partial charge in [0.2, 0.25) is 5.91 Å². The summed E-state index contributed by atoms with van der Waals surface area (Å²) in [6.45, 7) is 6.29. The largest absolute Gasteiger partial charge is 0.468 e. The summed E-state index contributed by atoms with van der Waals surface area (Å²) >= 11 is 0. The number of benzene rings is 2. The average molecular weight is 439 g/mol. The number of esters is 1. The van der Waals surface area contributed by atoms with Crippen LogP contribution >= 0.6 is 0 Å². The van der Waals surface area contributed by atoms with Crippen molar-refractivity contribution in [1.29, 1.82) is 0 Å². The predicted molar refractivity (Wildman–Crippen MR) is 124 cm³/mol. The highest BCUT2D eigenvalue weighted by atomic mass is 16.5. The molecule has 0 saturated carbocycles.